The van der Waals surface area contributed by atoms with E-state index in [2.05, 4.69) is 0 Å². The molecule has 0 aliphatic heterocycles. The molecule has 104 valence electrons. The average molecular weight is 266 g/mol. The first kappa shape index (κ1) is 15.2. The summed E-state index contributed by atoms with van der Waals surface area (Å²) in [6, 6.07) is 3.04. The summed E-state index contributed by atoms with van der Waals surface area (Å²) in [6.07, 6.45) is 4.60. The first-order chi connectivity index (χ1) is 9.12. The van der Waals surface area contributed by atoms with Gasteiger partial charge in [0, 0.05) is 6.08 Å². The second kappa shape index (κ2) is 7.56. The largest absolute Gasteiger partial charge is 0.494 e. The van der Waals surface area contributed by atoms with Gasteiger partial charge in [0.25, 0.3) is 0 Å². The van der Waals surface area contributed by atoms with Crippen LogP contribution in [0, 0.1) is 5.82 Å². The lowest BCUT2D eigenvalue weighted by Gasteiger charge is -2.09. The van der Waals surface area contributed by atoms with E-state index in [4.69, 9.17) is 9.47 Å². The molecule has 0 radical (unpaired) electrons. The highest BCUT2D eigenvalue weighted by Crippen LogP contribution is 2.24. The fourth-order valence-corrected chi connectivity index (χ4v) is 1.76. The summed E-state index contributed by atoms with van der Waals surface area (Å²) in [5, 5.41) is 0. The topological polar surface area (TPSA) is 35.5 Å². The van der Waals surface area contributed by atoms with E-state index < -0.39 is 11.8 Å². The van der Waals surface area contributed by atoms with Gasteiger partial charge in [-0.25, -0.2) is 9.18 Å². The van der Waals surface area contributed by atoms with Crippen LogP contribution >= 0.6 is 0 Å². The first-order valence-corrected chi connectivity index (χ1v) is 6.33. The maximum atomic E-state index is 13.7. The fourth-order valence-electron chi connectivity index (χ4n) is 1.76. The van der Waals surface area contributed by atoms with E-state index in [1.54, 1.807) is 19.1 Å². The summed E-state index contributed by atoms with van der Waals surface area (Å²) in [4.78, 5) is 11.3. The Kier molecular flexibility index (Phi) is 6.06. The van der Waals surface area contributed by atoms with Gasteiger partial charge in [0.1, 0.15) is 0 Å². The lowest BCUT2D eigenvalue weighted by molar-refractivity contribution is -0.137. The van der Waals surface area contributed by atoms with Gasteiger partial charge in [0.15, 0.2) is 11.6 Å². The van der Waals surface area contributed by atoms with Gasteiger partial charge in [-0.15, -0.1) is 0 Å². The minimum Gasteiger partial charge on any atom is -0.494 e. The fraction of sp³-hybridized carbons (Fsp3) is 0.400. The Hall–Kier alpha value is -1.84. The van der Waals surface area contributed by atoms with Crippen molar-refractivity contribution in [1.82, 2.24) is 0 Å². The van der Waals surface area contributed by atoms with E-state index in [1.165, 1.54) is 19.3 Å². The Labute approximate surface area is 113 Å². The van der Waals surface area contributed by atoms with Crippen molar-refractivity contribution in [3.05, 3.63) is 35.2 Å². The van der Waals surface area contributed by atoms with Gasteiger partial charge in [0.05, 0.1) is 13.7 Å². The van der Waals surface area contributed by atoms with Crippen LogP contribution in [0.2, 0.25) is 0 Å². The molecule has 1 aromatic rings. The Morgan fingerprint density at radius 3 is 2.68 bits per heavy atom. The smallest absolute Gasteiger partial charge is 0.330 e. The Morgan fingerprint density at radius 2 is 2.11 bits per heavy atom. The van der Waals surface area contributed by atoms with Crippen molar-refractivity contribution in [2.75, 3.05) is 13.7 Å². The number of esters is 1. The minimum absolute atomic E-state index is 0.219. The molecule has 0 aliphatic carbocycles. The van der Waals surface area contributed by atoms with Crippen LogP contribution in [0.1, 0.15) is 31.4 Å². The van der Waals surface area contributed by atoms with Crippen LogP contribution in [0.4, 0.5) is 4.39 Å². The van der Waals surface area contributed by atoms with Gasteiger partial charge in [-0.2, -0.15) is 0 Å². The van der Waals surface area contributed by atoms with Crippen molar-refractivity contribution in [3.63, 3.8) is 0 Å². The van der Waals surface area contributed by atoms with Crippen LogP contribution in [-0.4, -0.2) is 19.7 Å². The molecule has 0 fully saturated rings. The second-order valence-corrected chi connectivity index (χ2v) is 4.02. The second-order valence-electron chi connectivity index (χ2n) is 4.02. The molecule has 0 bridgehead atoms. The molecule has 0 spiro atoms. The minimum atomic E-state index is -0.439. The normalized spacial score (nSPS) is 10.7. The highest BCUT2D eigenvalue weighted by molar-refractivity contribution is 5.87. The molecule has 1 aromatic carbocycles. The number of halogens is 1. The van der Waals surface area contributed by atoms with Gasteiger partial charge in [-0.1, -0.05) is 13.3 Å². The van der Waals surface area contributed by atoms with E-state index in [-0.39, 0.29) is 5.75 Å². The van der Waals surface area contributed by atoms with Crippen LogP contribution in [0.5, 0.6) is 5.75 Å². The summed E-state index contributed by atoms with van der Waals surface area (Å²) in [6.45, 7) is 4.10. The molecule has 1 rings (SSSR count). The quantitative estimate of drug-likeness (QED) is 0.585. The number of methoxy groups -OCH3 is 1. The van der Waals surface area contributed by atoms with Crippen molar-refractivity contribution in [3.8, 4) is 5.75 Å². The molecule has 0 saturated heterocycles. The number of carbonyl (C=O) groups excluding carboxylic acids is 1. The zero-order chi connectivity index (χ0) is 14.3. The number of carbonyl (C=O) groups is 1. The number of aryl methyl sites for hydroxylation is 1. The van der Waals surface area contributed by atoms with E-state index in [0.29, 0.717) is 12.2 Å². The summed E-state index contributed by atoms with van der Waals surface area (Å²) in [5.41, 5.74) is 1.62. The maximum absolute atomic E-state index is 13.7. The average Bonchev–Trinajstić information content (AvgIpc) is 2.39. The van der Waals surface area contributed by atoms with Gasteiger partial charge in [-0.3, -0.25) is 0 Å². The lowest BCUT2D eigenvalue weighted by atomic mass is 10.0. The number of hydrogen-bond acceptors (Lipinski definition) is 3. The van der Waals surface area contributed by atoms with Gasteiger partial charge >= 0.3 is 5.97 Å². The van der Waals surface area contributed by atoms with Crippen molar-refractivity contribution < 1.29 is 18.7 Å². The van der Waals surface area contributed by atoms with Crippen molar-refractivity contribution in [2.45, 2.75) is 26.7 Å². The molecule has 0 aliphatic rings. The first-order valence-electron chi connectivity index (χ1n) is 6.33. The molecule has 4 heteroatoms. The molecule has 0 atom stereocenters. The molecule has 0 aromatic heterocycles. The number of ether oxygens (including phenoxy) is 2. The summed E-state index contributed by atoms with van der Waals surface area (Å²) in [5.74, 6) is -0.649. The predicted octanol–water partition coefficient (Wildman–Crippen LogP) is 3.36. The standard InChI is InChI=1S/C15H19FO3/c1-4-6-11-10-14(18-3)13(16)9-12(11)7-8-15(17)19-5-2/h7-10H,4-6H2,1-3H3. The van der Waals surface area contributed by atoms with Crippen LogP contribution in [0.15, 0.2) is 18.2 Å². The molecule has 3 nitrogen and oxygen atoms in total. The Morgan fingerprint density at radius 1 is 1.37 bits per heavy atom. The highest BCUT2D eigenvalue weighted by atomic mass is 19.1. The molecule has 0 unspecified atom stereocenters. The lowest BCUT2D eigenvalue weighted by Crippen LogP contribution is -2.00. The zero-order valence-corrected chi connectivity index (χ0v) is 11.5. The molecule has 19 heavy (non-hydrogen) atoms. The van der Waals surface area contributed by atoms with Crippen LogP contribution in [-0.2, 0) is 16.0 Å². The van der Waals surface area contributed by atoms with Crippen LogP contribution < -0.4 is 4.74 Å². The summed E-state index contributed by atoms with van der Waals surface area (Å²) >= 11 is 0. The molecular formula is C15H19FO3. The van der Waals surface area contributed by atoms with Crippen LogP contribution in [0.3, 0.4) is 0 Å². The third kappa shape index (κ3) is 4.39. The van der Waals surface area contributed by atoms with Gasteiger partial charge in [0.2, 0.25) is 0 Å². The molecular weight excluding hydrogens is 247 g/mol. The molecule has 0 saturated carbocycles. The third-order valence-corrected chi connectivity index (χ3v) is 2.62. The van der Waals surface area contributed by atoms with Crippen molar-refractivity contribution in [2.24, 2.45) is 0 Å². The van der Waals surface area contributed by atoms with E-state index in [1.807, 2.05) is 6.92 Å². The third-order valence-electron chi connectivity index (χ3n) is 2.62. The predicted molar refractivity (Wildman–Crippen MR) is 72.6 cm³/mol. The van der Waals surface area contributed by atoms with E-state index in [9.17, 15) is 9.18 Å². The number of benzene rings is 1. The summed E-state index contributed by atoms with van der Waals surface area (Å²) in [7, 11) is 1.43. The maximum Gasteiger partial charge on any atom is 0.330 e. The molecule has 0 heterocycles. The van der Waals surface area contributed by atoms with Crippen molar-refractivity contribution >= 4 is 12.0 Å². The summed E-state index contributed by atoms with van der Waals surface area (Å²) < 4.78 is 23.4. The van der Waals surface area contributed by atoms with Crippen LogP contribution in [0.25, 0.3) is 6.08 Å². The number of rotatable bonds is 6. The molecule has 0 N–H and O–H groups in total. The van der Waals surface area contributed by atoms with E-state index >= 15 is 0 Å². The SMILES string of the molecule is CCCc1cc(OC)c(F)cc1C=CC(=O)OCC. The number of hydrogen-bond donors (Lipinski definition) is 0. The Bertz CT molecular complexity index is 467. The Balaban J connectivity index is 3.04. The van der Waals surface area contributed by atoms with Gasteiger partial charge in [-0.05, 0) is 42.7 Å². The van der Waals surface area contributed by atoms with E-state index in [0.717, 1.165) is 18.4 Å². The molecule has 0 amide bonds. The monoisotopic (exact) mass is 266 g/mol. The highest BCUT2D eigenvalue weighted by Gasteiger charge is 2.08. The van der Waals surface area contributed by atoms with Gasteiger partial charge < -0.3 is 9.47 Å². The van der Waals surface area contributed by atoms with Crippen molar-refractivity contribution in [1.29, 1.82) is 0 Å². The zero-order valence-electron chi connectivity index (χ0n) is 11.5.